The van der Waals surface area contributed by atoms with Crippen LogP contribution in [0.5, 0.6) is 11.5 Å². The van der Waals surface area contributed by atoms with Gasteiger partial charge < -0.3 is 14.4 Å². The van der Waals surface area contributed by atoms with Crippen molar-refractivity contribution in [2.75, 3.05) is 18.8 Å². The topological polar surface area (TPSA) is 122 Å². The molecule has 11 heteroatoms. The third-order valence-electron chi connectivity index (χ3n) is 5.58. The Morgan fingerprint density at radius 2 is 1.54 bits per heavy atom. The van der Waals surface area contributed by atoms with Crippen molar-refractivity contribution in [3.05, 3.63) is 54.6 Å². The van der Waals surface area contributed by atoms with E-state index in [4.69, 9.17) is 9.47 Å². The fourth-order valence-corrected chi connectivity index (χ4v) is 5.65. The van der Waals surface area contributed by atoms with Crippen LogP contribution in [0.1, 0.15) is 33.6 Å². The summed E-state index contributed by atoms with van der Waals surface area (Å²) in [6.07, 6.45) is -0.400. The van der Waals surface area contributed by atoms with Crippen molar-refractivity contribution in [1.82, 2.24) is 10.4 Å². The first-order valence-electron chi connectivity index (χ1n) is 10.9. The maximum absolute atomic E-state index is 13.2. The first-order valence-corrected chi connectivity index (χ1v) is 12.6. The molecule has 2 aromatic carbocycles. The molecule has 1 heterocycles. The lowest BCUT2D eigenvalue weighted by molar-refractivity contribution is -0.141. The molecule has 0 spiro atoms. The Hall–Kier alpha value is -2.82. The number of hydrogen-bond donors (Lipinski definition) is 2. The first-order chi connectivity index (χ1) is 15.9. The smallest absolute Gasteiger partial charge is 0.410 e. The largest absolute Gasteiger partial charge is 0.457 e. The molecule has 0 aromatic heterocycles. The second-order valence-corrected chi connectivity index (χ2v) is 11.3. The average molecular weight is 527 g/mol. The number of sulfone groups is 1. The monoisotopic (exact) mass is 526 g/mol. The van der Waals surface area contributed by atoms with Gasteiger partial charge in [0.15, 0.2) is 9.84 Å². The molecule has 2 amide bonds. The summed E-state index contributed by atoms with van der Waals surface area (Å²) in [6, 6.07) is 15.0. The van der Waals surface area contributed by atoms with Gasteiger partial charge in [-0.2, -0.15) is 0 Å². The van der Waals surface area contributed by atoms with Gasteiger partial charge in [-0.15, -0.1) is 12.4 Å². The number of piperidine rings is 1. The highest BCUT2D eigenvalue weighted by atomic mass is 35.5. The summed E-state index contributed by atoms with van der Waals surface area (Å²) >= 11 is 0. The summed E-state index contributed by atoms with van der Waals surface area (Å²) in [4.78, 5) is 26.4. The number of benzene rings is 2. The van der Waals surface area contributed by atoms with Crippen LogP contribution in [0, 0.1) is 5.41 Å². The molecule has 2 N–H and O–H groups in total. The van der Waals surface area contributed by atoms with Crippen LogP contribution in [-0.4, -0.2) is 55.0 Å². The molecule has 9 nitrogen and oxygen atoms in total. The number of carbonyl (C=O) groups is 2. The van der Waals surface area contributed by atoms with Gasteiger partial charge in [-0.05, 0) is 70.0 Å². The van der Waals surface area contributed by atoms with Crippen LogP contribution >= 0.6 is 12.4 Å². The van der Waals surface area contributed by atoms with E-state index in [1.165, 1.54) is 17.0 Å². The summed E-state index contributed by atoms with van der Waals surface area (Å²) in [6.45, 7) is 5.51. The number of rotatable bonds is 6. The van der Waals surface area contributed by atoms with Crippen molar-refractivity contribution in [2.24, 2.45) is 5.41 Å². The molecular weight excluding hydrogens is 496 g/mol. The van der Waals surface area contributed by atoms with Crippen LogP contribution in [0.25, 0.3) is 0 Å². The van der Waals surface area contributed by atoms with Gasteiger partial charge in [0.1, 0.15) is 17.1 Å². The van der Waals surface area contributed by atoms with Gasteiger partial charge in [-0.25, -0.2) is 18.7 Å². The number of amides is 2. The van der Waals surface area contributed by atoms with E-state index in [1.807, 2.05) is 18.2 Å². The van der Waals surface area contributed by atoms with Crippen LogP contribution in [0.4, 0.5) is 4.79 Å². The van der Waals surface area contributed by atoms with Crippen molar-refractivity contribution < 1.29 is 32.7 Å². The maximum atomic E-state index is 13.2. The molecule has 2 aromatic rings. The molecule has 0 aliphatic carbocycles. The Morgan fingerprint density at radius 1 is 1.00 bits per heavy atom. The van der Waals surface area contributed by atoms with Gasteiger partial charge in [-0.3, -0.25) is 10.0 Å². The Labute approximate surface area is 211 Å². The predicted molar refractivity (Wildman–Crippen MR) is 132 cm³/mol. The number of ether oxygens (including phenoxy) is 2. The minimum Gasteiger partial charge on any atom is -0.457 e. The van der Waals surface area contributed by atoms with Crippen LogP contribution in [-0.2, 0) is 19.4 Å². The Balaban J connectivity index is 0.00000432. The number of hydrogen-bond acceptors (Lipinski definition) is 7. The highest BCUT2D eigenvalue weighted by Crippen LogP contribution is 2.36. The lowest BCUT2D eigenvalue weighted by Gasteiger charge is -2.40. The van der Waals surface area contributed by atoms with E-state index in [-0.39, 0.29) is 43.2 Å². The Bertz CT molecular complexity index is 1110. The number of hydroxylamine groups is 1. The normalized spacial score (nSPS) is 15.5. The summed E-state index contributed by atoms with van der Waals surface area (Å²) in [5.41, 5.74) is -0.446. The molecule has 3 rings (SSSR count). The zero-order valence-corrected chi connectivity index (χ0v) is 21.5. The molecule has 0 bridgehead atoms. The van der Waals surface area contributed by atoms with Crippen LogP contribution in [0.2, 0.25) is 0 Å². The molecule has 0 saturated carbocycles. The van der Waals surface area contributed by atoms with E-state index in [0.717, 1.165) is 0 Å². The quantitative estimate of drug-likeness (QED) is 0.427. The zero-order valence-electron chi connectivity index (χ0n) is 19.9. The minimum atomic E-state index is -3.89. The number of nitrogens with one attached hydrogen (secondary N) is 1. The zero-order chi connectivity index (χ0) is 25.0. The van der Waals surface area contributed by atoms with E-state index in [0.29, 0.717) is 11.5 Å². The summed E-state index contributed by atoms with van der Waals surface area (Å²) in [5, 5.41) is 9.31. The molecule has 192 valence electrons. The SMILES string of the molecule is CC(C)(C)OC(=O)N1CCC(CS(=O)(=O)c2ccc(Oc3ccccc3)cc2)(C(=O)NO)CC1.Cl. The van der Waals surface area contributed by atoms with E-state index in [1.54, 1.807) is 50.5 Å². The number of nitrogens with zero attached hydrogens (tertiary/aromatic N) is 1. The Morgan fingerprint density at radius 3 is 2.06 bits per heavy atom. The fraction of sp³-hybridized carbons (Fsp3) is 0.417. The fourth-order valence-electron chi connectivity index (χ4n) is 3.79. The van der Waals surface area contributed by atoms with Gasteiger partial charge in [0, 0.05) is 13.1 Å². The third-order valence-corrected chi connectivity index (χ3v) is 7.51. The van der Waals surface area contributed by atoms with Crippen molar-refractivity contribution in [1.29, 1.82) is 0 Å². The highest BCUT2D eigenvalue weighted by Gasteiger charge is 2.46. The van der Waals surface area contributed by atoms with E-state index >= 15 is 0 Å². The van der Waals surface area contributed by atoms with Gasteiger partial charge in [0.05, 0.1) is 16.1 Å². The molecule has 1 aliphatic heterocycles. The molecule has 1 fully saturated rings. The molecule has 35 heavy (non-hydrogen) atoms. The standard InChI is InChI=1S/C24H30N2O7S.ClH/c1-23(2,3)33-22(28)26-15-13-24(14-16-26,21(27)25-29)17-34(30,31)20-11-9-19(10-12-20)32-18-7-5-4-6-8-18;/h4-12,29H,13-17H2,1-3H3,(H,25,27);1H. The first kappa shape index (κ1) is 28.4. The van der Waals surface area contributed by atoms with Crippen molar-refractivity contribution in [3.63, 3.8) is 0 Å². The molecule has 0 unspecified atom stereocenters. The van der Waals surface area contributed by atoms with E-state index < -0.39 is 38.6 Å². The van der Waals surface area contributed by atoms with Crippen LogP contribution in [0.3, 0.4) is 0 Å². The highest BCUT2D eigenvalue weighted by molar-refractivity contribution is 7.91. The summed E-state index contributed by atoms with van der Waals surface area (Å²) in [7, 11) is -3.89. The lowest BCUT2D eigenvalue weighted by atomic mass is 9.79. The van der Waals surface area contributed by atoms with Gasteiger partial charge in [-0.1, -0.05) is 18.2 Å². The van der Waals surface area contributed by atoms with Crippen molar-refractivity contribution in [2.45, 2.75) is 44.1 Å². The molecule has 1 saturated heterocycles. The second-order valence-electron chi connectivity index (χ2n) is 9.33. The maximum Gasteiger partial charge on any atom is 0.410 e. The third kappa shape index (κ3) is 7.33. The number of carbonyl (C=O) groups excluding carboxylic acids is 2. The molecule has 0 atom stereocenters. The number of para-hydroxylation sites is 1. The average Bonchev–Trinajstić information content (AvgIpc) is 2.78. The number of likely N-dealkylation sites (tertiary alicyclic amines) is 1. The van der Waals surface area contributed by atoms with Gasteiger partial charge in [0.2, 0.25) is 0 Å². The molecule has 0 radical (unpaired) electrons. The van der Waals surface area contributed by atoms with E-state index in [9.17, 15) is 23.2 Å². The summed E-state index contributed by atoms with van der Waals surface area (Å²) < 4.78 is 37.4. The molecular formula is C24H31ClN2O7S. The molecule has 1 aliphatic rings. The number of halogens is 1. The van der Waals surface area contributed by atoms with Crippen LogP contribution in [0.15, 0.2) is 59.5 Å². The van der Waals surface area contributed by atoms with Crippen molar-refractivity contribution >= 4 is 34.2 Å². The summed E-state index contributed by atoms with van der Waals surface area (Å²) in [5.74, 6) is -0.205. The Kier molecular flexibility index (Phi) is 9.16. The lowest BCUT2D eigenvalue weighted by Crippen LogP contribution is -2.53. The van der Waals surface area contributed by atoms with Crippen LogP contribution < -0.4 is 10.2 Å². The van der Waals surface area contributed by atoms with E-state index in [2.05, 4.69) is 0 Å². The second kappa shape index (κ2) is 11.3. The predicted octanol–water partition coefficient (Wildman–Crippen LogP) is 4.20. The van der Waals surface area contributed by atoms with Gasteiger partial charge in [0.25, 0.3) is 5.91 Å². The van der Waals surface area contributed by atoms with Gasteiger partial charge >= 0.3 is 6.09 Å². The minimum absolute atomic E-state index is 0. The van der Waals surface area contributed by atoms with Crippen molar-refractivity contribution in [3.8, 4) is 11.5 Å².